The molecular formula is C27H25NO4. The van der Waals surface area contributed by atoms with Crippen LogP contribution < -0.4 is 9.64 Å². The minimum Gasteiger partial charge on any atom is -0.508 e. The van der Waals surface area contributed by atoms with Gasteiger partial charge in [0.2, 0.25) is 0 Å². The lowest BCUT2D eigenvalue weighted by Gasteiger charge is -2.26. The molecule has 0 aliphatic carbocycles. The molecule has 0 fully saturated rings. The van der Waals surface area contributed by atoms with E-state index in [0.29, 0.717) is 11.5 Å². The number of ether oxygens (including phenoxy) is 1. The highest BCUT2D eigenvalue weighted by Crippen LogP contribution is 2.41. The molecule has 5 nitrogen and oxygen atoms in total. The van der Waals surface area contributed by atoms with E-state index in [9.17, 15) is 15.3 Å². The molecule has 0 amide bonds. The van der Waals surface area contributed by atoms with Crippen LogP contribution in [0.15, 0.2) is 78.9 Å². The zero-order valence-electron chi connectivity index (χ0n) is 18.2. The van der Waals surface area contributed by atoms with E-state index in [1.54, 1.807) is 24.3 Å². The first-order chi connectivity index (χ1) is 15.3. The standard InChI is InChI=1S/C27H25NO4/c1-17-10-12-21(15-25(17)30)28(22-13-11-18(2)26(31)16-22)20-7-5-8-23(14-20)32-27-19(3)6-4-9-24(27)29/h4-16,29-31H,1-3H3. The van der Waals surface area contributed by atoms with Gasteiger partial charge in [-0.2, -0.15) is 0 Å². The molecule has 0 unspecified atom stereocenters. The van der Waals surface area contributed by atoms with Gasteiger partial charge in [0.05, 0.1) is 0 Å². The Bertz CT molecular complexity index is 1210. The predicted octanol–water partition coefficient (Wildman–Crippen LogP) is 6.99. The van der Waals surface area contributed by atoms with Crippen LogP contribution in [-0.2, 0) is 0 Å². The van der Waals surface area contributed by atoms with E-state index < -0.39 is 0 Å². The molecule has 162 valence electrons. The van der Waals surface area contributed by atoms with Gasteiger partial charge in [0.25, 0.3) is 0 Å². The van der Waals surface area contributed by atoms with E-state index in [1.807, 2.05) is 80.3 Å². The van der Waals surface area contributed by atoms with Crippen molar-refractivity contribution in [3.8, 4) is 28.7 Å². The maximum absolute atomic E-state index is 10.3. The number of anilines is 3. The summed E-state index contributed by atoms with van der Waals surface area (Å²) in [4.78, 5) is 1.92. The first-order valence-corrected chi connectivity index (χ1v) is 10.3. The van der Waals surface area contributed by atoms with E-state index >= 15 is 0 Å². The van der Waals surface area contributed by atoms with Gasteiger partial charge in [-0.05, 0) is 67.8 Å². The number of aromatic hydroxyl groups is 3. The number of hydrogen-bond donors (Lipinski definition) is 3. The maximum Gasteiger partial charge on any atom is 0.171 e. The van der Waals surface area contributed by atoms with Gasteiger partial charge in [-0.25, -0.2) is 0 Å². The van der Waals surface area contributed by atoms with Gasteiger partial charge >= 0.3 is 0 Å². The number of phenols is 3. The summed E-state index contributed by atoms with van der Waals surface area (Å²) in [6.07, 6.45) is 0. The molecule has 32 heavy (non-hydrogen) atoms. The fourth-order valence-corrected chi connectivity index (χ4v) is 3.49. The van der Waals surface area contributed by atoms with Gasteiger partial charge in [-0.15, -0.1) is 0 Å². The van der Waals surface area contributed by atoms with E-state index in [0.717, 1.165) is 33.8 Å². The Balaban J connectivity index is 1.81. The molecule has 0 heterocycles. The normalized spacial score (nSPS) is 10.7. The minimum absolute atomic E-state index is 0.0687. The molecule has 0 spiro atoms. The average Bonchev–Trinajstić information content (AvgIpc) is 2.76. The van der Waals surface area contributed by atoms with Crippen molar-refractivity contribution in [1.29, 1.82) is 0 Å². The van der Waals surface area contributed by atoms with Crippen LogP contribution in [0.25, 0.3) is 0 Å². The molecule has 4 aromatic carbocycles. The number of benzene rings is 4. The van der Waals surface area contributed by atoms with Crippen molar-refractivity contribution >= 4 is 17.1 Å². The summed E-state index contributed by atoms with van der Waals surface area (Å²) in [5.41, 5.74) is 4.58. The molecule has 4 aromatic rings. The highest BCUT2D eigenvalue weighted by molar-refractivity contribution is 5.79. The van der Waals surface area contributed by atoms with Gasteiger partial charge in [0.1, 0.15) is 17.2 Å². The van der Waals surface area contributed by atoms with Crippen molar-refractivity contribution in [3.63, 3.8) is 0 Å². The molecule has 0 aliphatic heterocycles. The summed E-state index contributed by atoms with van der Waals surface area (Å²) >= 11 is 0. The molecular weight excluding hydrogens is 402 g/mol. The second-order valence-electron chi connectivity index (χ2n) is 7.80. The molecule has 4 rings (SSSR count). The van der Waals surface area contributed by atoms with Gasteiger partial charge in [-0.1, -0.05) is 30.3 Å². The maximum atomic E-state index is 10.3. The number of rotatable bonds is 5. The van der Waals surface area contributed by atoms with Crippen LogP contribution in [0.3, 0.4) is 0 Å². The quantitative estimate of drug-likeness (QED) is 0.320. The van der Waals surface area contributed by atoms with Crippen LogP contribution in [0.4, 0.5) is 17.1 Å². The largest absolute Gasteiger partial charge is 0.508 e. The van der Waals surface area contributed by atoms with Crippen molar-refractivity contribution in [2.24, 2.45) is 0 Å². The Kier molecular flexibility index (Phi) is 5.65. The van der Waals surface area contributed by atoms with Crippen LogP contribution in [0.5, 0.6) is 28.7 Å². The van der Waals surface area contributed by atoms with Crippen LogP contribution >= 0.6 is 0 Å². The average molecular weight is 428 g/mol. The van der Waals surface area contributed by atoms with Crippen molar-refractivity contribution in [3.05, 3.63) is 95.6 Å². The molecule has 0 atom stereocenters. The van der Waals surface area contributed by atoms with Gasteiger partial charge in [-0.3, -0.25) is 0 Å². The van der Waals surface area contributed by atoms with Crippen molar-refractivity contribution < 1.29 is 20.1 Å². The van der Waals surface area contributed by atoms with Gasteiger partial charge < -0.3 is 25.0 Å². The topological polar surface area (TPSA) is 73.2 Å². The Labute approximate surface area is 187 Å². The Hall–Kier alpha value is -4.12. The lowest BCUT2D eigenvalue weighted by Crippen LogP contribution is -2.10. The zero-order valence-corrected chi connectivity index (χ0v) is 18.2. The summed E-state index contributed by atoms with van der Waals surface area (Å²) in [6.45, 7) is 5.55. The fourth-order valence-electron chi connectivity index (χ4n) is 3.49. The summed E-state index contributed by atoms with van der Waals surface area (Å²) in [5, 5.41) is 30.9. The van der Waals surface area contributed by atoms with Crippen LogP contribution in [-0.4, -0.2) is 15.3 Å². The molecule has 3 N–H and O–H groups in total. The molecule has 0 saturated carbocycles. The highest BCUT2D eigenvalue weighted by atomic mass is 16.5. The lowest BCUT2D eigenvalue weighted by molar-refractivity contribution is 0.409. The molecule has 0 aromatic heterocycles. The van der Waals surface area contributed by atoms with Crippen LogP contribution in [0.2, 0.25) is 0 Å². The Morgan fingerprint density at radius 1 is 0.562 bits per heavy atom. The Morgan fingerprint density at radius 2 is 1.12 bits per heavy atom. The van der Waals surface area contributed by atoms with E-state index in [2.05, 4.69) is 0 Å². The van der Waals surface area contributed by atoms with E-state index in [4.69, 9.17) is 4.74 Å². The van der Waals surface area contributed by atoms with Crippen molar-refractivity contribution in [1.82, 2.24) is 0 Å². The van der Waals surface area contributed by atoms with Crippen LogP contribution in [0, 0.1) is 20.8 Å². The number of nitrogens with zero attached hydrogens (tertiary/aromatic N) is 1. The molecule has 0 aliphatic rings. The predicted molar refractivity (Wildman–Crippen MR) is 127 cm³/mol. The third-order valence-electron chi connectivity index (χ3n) is 5.39. The number of para-hydroxylation sites is 1. The number of phenolic OH excluding ortho intramolecular Hbond substituents is 3. The van der Waals surface area contributed by atoms with Crippen molar-refractivity contribution in [2.45, 2.75) is 20.8 Å². The first-order valence-electron chi connectivity index (χ1n) is 10.3. The summed E-state index contributed by atoms with van der Waals surface area (Å²) in [6, 6.07) is 23.5. The summed E-state index contributed by atoms with van der Waals surface area (Å²) < 4.78 is 6.01. The smallest absolute Gasteiger partial charge is 0.171 e. The third-order valence-corrected chi connectivity index (χ3v) is 5.39. The summed E-state index contributed by atoms with van der Waals surface area (Å²) in [5.74, 6) is 1.38. The SMILES string of the molecule is Cc1ccc(N(c2cccc(Oc3c(C)cccc3O)c2)c2ccc(C)c(O)c2)cc1O. The number of hydrogen-bond acceptors (Lipinski definition) is 5. The fraction of sp³-hybridized carbons (Fsp3) is 0.111. The van der Waals surface area contributed by atoms with Crippen LogP contribution in [0.1, 0.15) is 16.7 Å². The first kappa shape index (κ1) is 21.1. The third kappa shape index (κ3) is 4.18. The van der Waals surface area contributed by atoms with Gasteiger partial charge in [0.15, 0.2) is 11.5 Å². The monoisotopic (exact) mass is 427 g/mol. The van der Waals surface area contributed by atoms with Crippen molar-refractivity contribution in [2.75, 3.05) is 4.90 Å². The highest BCUT2D eigenvalue weighted by Gasteiger charge is 2.16. The second-order valence-corrected chi connectivity index (χ2v) is 7.80. The number of aryl methyl sites for hydroxylation is 3. The zero-order chi connectivity index (χ0) is 22.8. The van der Waals surface area contributed by atoms with E-state index in [1.165, 1.54) is 0 Å². The summed E-state index contributed by atoms with van der Waals surface area (Å²) in [7, 11) is 0. The lowest BCUT2D eigenvalue weighted by atomic mass is 10.1. The van der Waals surface area contributed by atoms with E-state index in [-0.39, 0.29) is 17.2 Å². The molecule has 0 radical (unpaired) electrons. The van der Waals surface area contributed by atoms with Gasteiger partial charge in [0, 0.05) is 35.3 Å². The minimum atomic E-state index is 0.0687. The molecule has 0 bridgehead atoms. The molecule has 0 saturated heterocycles. The molecule has 5 heteroatoms. The Morgan fingerprint density at radius 3 is 1.69 bits per heavy atom. The second kappa shape index (κ2) is 8.55.